The van der Waals surface area contributed by atoms with Crippen LogP contribution in [0.25, 0.3) is 0 Å². The lowest BCUT2D eigenvalue weighted by molar-refractivity contribution is -0.133. The summed E-state index contributed by atoms with van der Waals surface area (Å²) in [5.74, 6) is 0.287. The molecule has 0 bridgehead atoms. The van der Waals surface area contributed by atoms with Crippen LogP contribution < -0.4 is 10.1 Å². The van der Waals surface area contributed by atoms with Gasteiger partial charge in [0.05, 0.1) is 6.54 Å². The number of benzene rings is 2. The van der Waals surface area contributed by atoms with Crippen LogP contribution in [-0.2, 0) is 22.6 Å². The monoisotopic (exact) mass is 354 g/mol. The van der Waals surface area contributed by atoms with Gasteiger partial charge in [-0.1, -0.05) is 55.5 Å². The second kappa shape index (κ2) is 10.2. The SMILES string of the molecule is CCc1ccccc1OCC(=O)NCC(=O)N(CC)Cc1ccccc1. The van der Waals surface area contributed by atoms with E-state index < -0.39 is 0 Å². The fourth-order valence-electron chi connectivity index (χ4n) is 2.60. The minimum atomic E-state index is -0.306. The molecule has 2 aromatic rings. The molecule has 0 fully saturated rings. The Kier molecular flexibility index (Phi) is 7.68. The molecular weight excluding hydrogens is 328 g/mol. The van der Waals surface area contributed by atoms with Crippen molar-refractivity contribution in [2.45, 2.75) is 26.8 Å². The van der Waals surface area contributed by atoms with Crippen molar-refractivity contribution in [2.24, 2.45) is 0 Å². The van der Waals surface area contributed by atoms with Gasteiger partial charge in [-0.15, -0.1) is 0 Å². The van der Waals surface area contributed by atoms with E-state index in [9.17, 15) is 9.59 Å². The molecule has 5 nitrogen and oxygen atoms in total. The number of amides is 2. The van der Waals surface area contributed by atoms with Gasteiger partial charge in [-0.2, -0.15) is 0 Å². The molecule has 0 saturated heterocycles. The molecule has 0 unspecified atom stereocenters. The number of para-hydroxylation sites is 1. The number of nitrogens with one attached hydrogen (secondary N) is 1. The minimum absolute atomic E-state index is 0.0295. The van der Waals surface area contributed by atoms with E-state index in [1.54, 1.807) is 4.90 Å². The van der Waals surface area contributed by atoms with Crippen LogP contribution in [0.2, 0.25) is 0 Å². The first-order valence-electron chi connectivity index (χ1n) is 8.93. The summed E-state index contributed by atoms with van der Waals surface area (Å²) in [7, 11) is 0. The summed E-state index contributed by atoms with van der Waals surface area (Å²) in [5, 5.41) is 2.64. The van der Waals surface area contributed by atoms with Crippen LogP contribution in [0.4, 0.5) is 0 Å². The molecule has 0 heterocycles. The number of hydrogen-bond donors (Lipinski definition) is 1. The molecule has 0 atom stereocenters. The van der Waals surface area contributed by atoms with E-state index in [2.05, 4.69) is 5.32 Å². The molecule has 138 valence electrons. The lowest BCUT2D eigenvalue weighted by Crippen LogP contribution is -2.41. The van der Waals surface area contributed by atoms with E-state index in [-0.39, 0.29) is 25.0 Å². The van der Waals surface area contributed by atoms with Crippen molar-refractivity contribution in [1.29, 1.82) is 0 Å². The van der Waals surface area contributed by atoms with Crippen LogP contribution >= 0.6 is 0 Å². The third-order valence-corrected chi connectivity index (χ3v) is 4.10. The summed E-state index contributed by atoms with van der Waals surface area (Å²) in [4.78, 5) is 26.0. The zero-order chi connectivity index (χ0) is 18.8. The Morgan fingerprint density at radius 2 is 1.69 bits per heavy atom. The number of nitrogens with zero attached hydrogens (tertiary/aromatic N) is 1. The average Bonchev–Trinajstić information content (AvgIpc) is 2.69. The Balaban J connectivity index is 1.79. The summed E-state index contributed by atoms with van der Waals surface area (Å²) in [5.41, 5.74) is 2.12. The topological polar surface area (TPSA) is 58.6 Å². The molecule has 0 aliphatic rings. The molecule has 2 rings (SSSR count). The first-order chi connectivity index (χ1) is 12.6. The molecule has 5 heteroatoms. The average molecular weight is 354 g/mol. The summed E-state index contributed by atoms with van der Waals surface area (Å²) in [6.45, 7) is 4.95. The van der Waals surface area contributed by atoms with E-state index >= 15 is 0 Å². The number of rotatable bonds is 9. The van der Waals surface area contributed by atoms with E-state index in [0.717, 1.165) is 17.5 Å². The second-order valence-corrected chi connectivity index (χ2v) is 5.92. The molecule has 0 radical (unpaired) electrons. The van der Waals surface area contributed by atoms with Gasteiger partial charge in [-0.25, -0.2) is 0 Å². The van der Waals surface area contributed by atoms with Crippen LogP contribution in [0, 0.1) is 0 Å². The van der Waals surface area contributed by atoms with Gasteiger partial charge in [-0.3, -0.25) is 9.59 Å². The summed E-state index contributed by atoms with van der Waals surface area (Å²) in [6, 6.07) is 17.4. The Morgan fingerprint density at radius 1 is 1.00 bits per heavy atom. The maximum Gasteiger partial charge on any atom is 0.258 e. The molecule has 0 spiro atoms. The Bertz CT molecular complexity index is 716. The third-order valence-electron chi connectivity index (χ3n) is 4.10. The van der Waals surface area contributed by atoms with Crippen LogP contribution in [0.5, 0.6) is 5.75 Å². The molecular formula is C21H26N2O3. The smallest absolute Gasteiger partial charge is 0.258 e. The van der Waals surface area contributed by atoms with Gasteiger partial charge in [-0.05, 0) is 30.5 Å². The van der Waals surface area contributed by atoms with Crippen molar-refractivity contribution >= 4 is 11.8 Å². The molecule has 0 saturated carbocycles. The van der Waals surface area contributed by atoms with E-state index in [1.165, 1.54) is 0 Å². The van der Waals surface area contributed by atoms with Gasteiger partial charge in [0, 0.05) is 13.1 Å². The highest BCUT2D eigenvalue weighted by Crippen LogP contribution is 2.17. The minimum Gasteiger partial charge on any atom is -0.483 e. The van der Waals surface area contributed by atoms with Gasteiger partial charge >= 0.3 is 0 Å². The number of aryl methyl sites for hydroxylation is 1. The van der Waals surface area contributed by atoms with Gasteiger partial charge in [0.1, 0.15) is 5.75 Å². The lowest BCUT2D eigenvalue weighted by Gasteiger charge is -2.21. The highest BCUT2D eigenvalue weighted by Gasteiger charge is 2.14. The van der Waals surface area contributed by atoms with E-state index in [1.807, 2.05) is 68.4 Å². The molecule has 26 heavy (non-hydrogen) atoms. The quantitative estimate of drug-likeness (QED) is 0.753. The molecule has 2 aromatic carbocycles. The Hall–Kier alpha value is -2.82. The van der Waals surface area contributed by atoms with Crippen molar-refractivity contribution in [3.05, 3.63) is 65.7 Å². The van der Waals surface area contributed by atoms with Crippen LogP contribution in [0.15, 0.2) is 54.6 Å². The molecule has 2 amide bonds. The van der Waals surface area contributed by atoms with Crippen LogP contribution in [0.1, 0.15) is 25.0 Å². The third kappa shape index (κ3) is 5.92. The summed E-state index contributed by atoms with van der Waals surface area (Å²) in [6.07, 6.45) is 0.835. The van der Waals surface area contributed by atoms with Crippen LogP contribution in [0.3, 0.4) is 0 Å². The Morgan fingerprint density at radius 3 is 2.38 bits per heavy atom. The van der Waals surface area contributed by atoms with Crippen molar-refractivity contribution < 1.29 is 14.3 Å². The summed E-state index contributed by atoms with van der Waals surface area (Å²) < 4.78 is 5.57. The maximum atomic E-state index is 12.3. The predicted molar refractivity (Wildman–Crippen MR) is 102 cm³/mol. The first-order valence-corrected chi connectivity index (χ1v) is 8.93. The molecule has 1 N–H and O–H groups in total. The van der Waals surface area contributed by atoms with E-state index in [0.29, 0.717) is 18.8 Å². The van der Waals surface area contributed by atoms with Crippen molar-refractivity contribution in [3.8, 4) is 5.75 Å². The van der Waals surface area contributed by atoms with Gasteiger partial charge in [0.15, 0.2) is 6.61 Å². The van der Waals surface area contributed by atoms with Gasteiger partial charge < -0.3 is 15.0 Å². The standard InChI is InChI=1S/C21H26N2O3/c1-3-18-12-8-9-13-19(18)26-16-20(24)22-14-21(25)23(4-2)15-17-10-6-5-7-11-17/h5-13H,3-4,14-16H2,1-2H3,(H,22,24). The number of carbonyl (C=O) groups excluding carboxylic acids is 2. The molecule has 0 aromatic heterocycles. The summed E-state index contributed by atoms with van der Waals surface area (Å²) >= 11 is 0. The van der Waals surface area contributed by atoms with Crippen LogP contribution in [-0.4, -0.2) is 36.4 Å². The number of hydrogen-bond acceptors (Lipinski definition) is 3. The fourth-order valence-corrected chi connectivity index (χ4v) is 2.60. The predicted octanol–water partition coefficient (Wildman–Crippen LogP) is 2.79. The molecule has 0 aliphatic heterocycles. The Labute approximate surface area is 155 Å². The van der Waals surface area contributed by atoms with Crippen molar-refractivity contribution in [1.82, 2.24) is 10.2 Å². The fraction of sp³-hybridized carbons (Fsp3) is 0.333. The van der Waals surface area contributed by atoms with Crippen molar-refractivity contribution in [2.75, 3.05) is 19.7 Å². The lowest BCUT2D eigenvalue weighted by atomic mass is 10.1. The maximum absolute atomic E-state index is 12.3. The van der Waals surface area contributed by atoms with E-state index in [4.69, 9.17) is 4.74 Å². The van der Waals surface area contributed by atoms with Gasteiger partial charge in [0.25, 0.3) is 5.91 Å². The second-order valence-electron chi connectivity index (χ2n) is 5.92. The first kappa shape index (κ1) is 19.5. The highest BCUT2D eigenvalue weighted by molar-refractivity contribution is 5.85. The number of likely N-dealkylation sites (N-methyl/N-ethyl adjacent to an activating group) is 1. The zero-order valence-electron chi connectivity index (χ0n) is 15.4. The number of ether oxygens (including phenoxy) is 1. The zero-order valence-corrected chi connectivity index (χ0v) is 15.4. The van der Waals surface area contributed by atoms with Crippen molar-refractivity contribution in [3.63, 3.8) is 0 Å². The molecule has 0 aliphatic carbocycles. The highest BCUT2D eigenvalue weighted by atomic mass is 16.5. The van der Waals surface area contributed by atoms with Gasteiger partial charge in [0.2, 0.25) is 5.91 Å². The normalized spacial score (nSPS) is 10.2. The largest absolute Gasteiger partial charge is 0.483 e. The number of carbonyl (C=O) groups is 2.